The molecule has 1 aromatic heterocycles. The van der Waals surface area contributed by atoms with Crippen LogP contribution in [0.4, 0.5) is 23.0 Å². The van der Waals surface area contributed by atoms with Crippen LogP contribution in [0.1, 0.15) is 10.4 Å². The zero-order chi connectivity index (χ0) is 18.5. The second-order valence-electron chi connectivity index (χ2n) is 5.44. The lowest BCUT2D eigenvalue weighted by Crippen LogP contribution is -2.37. The number of methoxy groups -OCH3 is 1. The molecule has 0 saturated carbocycles. The number of rotatable bonds is 5. The van der Waals surface area contributed by atoms with Crippen molar-refractivity contribution < 1.29 is 19.2 Å². The zero-order valence-electron chi connectivity index (χ0n) is 14.0. The van der Waals surface area contributed by atoms with Gasteiger partial charge in [0.05, 0.1) is 30.8 Å². The third-order valence-corrected chi connectivity index (χ3v) is 3.86. The fraction of sp³-hybridized carbons (Fsp3) is 0.312. The maximum Gasteiger partial charge on any atom is 0.353 e. The van der Waals surface area contributed by atoms with Crippen molar-refractivity contribution in [2.24, 2.45) is 0 Å². The lowest BCUT2D eigenvalue weighted by molar-refractivity contribution is -0.383. The Morgan fingerprint density at radius 2 is 1.96 bits per heavy atom. The summed E-state index contributed by atoms with van der Waals surface area (Å²) in [5.74, 6) is -0.126. The number of nitrogens with one attached hydrogen (secondary N) is 1. The van der Waals surface area contributed by atoms with E-state index < -0.39 is 10.9 Å². The van der Waals surface area contributed by atoms with Crippen LogP contribution in [0.3, 0.4) is 0 Å². The number of aromatic nitrogens is 2. The lowest BCUT2D eigenvalue weighted by Gasteiger charge is -2.27. The molecule has 0 aliphatic carbocycles. The number of nitrogens with zero attached hydrogens (tertiary/aromatic N) is 4. The van der Waals surface area contributed by atoms with Crippen molar-refractivity contribution in [1.82, 2.24) is 9.97 Å². The molecule has 2 aromatic rings. The Kier molecular flexibility index (Phi) is 5.23. The molecule has 1 saturated heterocycles. The molecule has 0 amide bonds. The van der Waals surface area contributed by atoms with Crippen molar-refractivity contribution in [2.75, 3.05) is 43.6 Å². The van der Waals surface area contributed by atoms with Crippen molar-refractivity contribution in [3.05, 3.63) is 46.3 Å². The monoisotopic (exact) mass is 359 g/mol. The molecule has 2 heterocycles. The molecule has 0 atom stereocenters. The van der Waals surface area contributed by atoms with Gasteiger partial charge in [-0.1, -0.05) is 0 Å². The molecule has 1 fully saturated rings. The second kappa shape index (κ2) is 7.74. The van der Waals surface area contributed by atoms with Gasteiger partial charge in [0.2, 0.25) is 11.6 Å². The third kappa shape index (κ3) is 3.70. The van der Waals surface area contributed by atoms with Gasteiger partial charge in [-0.2, -0.15) is 0 Å². The summed E-state index contributed by atoms with van der Waals surface area (Å²) in [5, 5.41) is 14.5. The van der Waals surface area contributed by atoms with Gasteiger partial charge in [-0.15, -0.1) is 0 Å². The average molecular weight is 359 g/mol. The van der Waals surface area contributed by atoms with Gasteiger partial charge in [0, 0.05) is 18.8 Å². The van der Waals surface area contributed by atoms with Crippen LogP contribution in [-0.2, 0) is 9.47 Å². The van der Waals surface area contributed by atoms with Gasteiger partial charge in [-0.25, -0.2) is 14.8 Å². The fourth-order valence-electron chi connectivity index (χ4n) is 2.58. The highest BCUT2D eigenvalue weighted by atomic mass is 16.6. The van der Waals surface area contributed by atoms with Crippen molar-refractivity contribution in [3.63, 3.8) is 0 Å². The first-order chi connectivity index (χ1) is 12.6. The summed E-state index contributed by atoms with van der Waals surface area (Å²) in [6.45, 7) is 2.01. The Labute approximate surface area is 148 Å². The number of nitro groups is 1. The van der Waals surface area contributed by atoms with Crippen molar-refractivity contribution >= 4 is 29.0 Å². The molecule has 3 rings (SSSR count). The Hall–Kier alpha value is -3.27. The van der Waals surface area contributed by atoms with Crippen LogP contribution in [0.15, 0.2) is 30.6 Å². The Balaban J connectivity index is 1.89. The van der Waals surface area contributed by atoms with E-state index in [-0.39, 0.29) is 17.3 Å². The third-order valence-electron chi connectivity index (χ3n) is 3.86. The van der Waals surface area contributed by atoms with Crippen LogP contribution < -0.4 is 10.2 Å². The summed E-state index contributed by atoms with van der Waals surface area (Å²) < 4.78 is 9.92. The average Bonchev–Trinajstić information content (AvgIpc) is 2.68. The van der Waals surface area contributed by atoms with Gasteiger partial charge in [0.25, 0.3) is 0 Å². The molecule has 0 unspecified atom stereocenters. The number of esters is 1. The predicted octanol–water partition coefficient (Wildman–Crippen LogP) is 1.75. The summed E-state index contributed by atoms with van der Waals surface area (Å²) >= 11 is 0. The van der Waals surface area contributed by atoms with Crippen molar-refractivity contribution in [3.8, 4) is 0 Å². The molecule has 26 heavy (non-hydrogen) atoms. The minimum Gasteiger partial charge on any atom is -0.465 e. The Morgan fingerprint density at radius 3 is 2.58 bits per heavy atom. The first kappa shape index (κ1) is 17.5. The van der Waals surface area contributed by atoms with E-state index in [1.165, 1.54) is 13.4 Å². The van der Waals surface area contributed by atoms with Crippen LogP contribution in [0.25, 0.3) is 0 Å². The number of benzene rings is 1. The number of morpholine rings is 1. The van der Waals surface area contributed by atoms with E-state index in [9.17, 15) is 14.9 Å². The predicted molar refractivity (Wildman–Crippen MR) is 92.8 cm³/mol. The molecule has 136 valence electrons. The van der Waals surface area contributed by atoms with E-state index in [4.69, 9.17) is 4.74 Å². The van der Waals surface area contributed by atoms with Gasteiger partial charge >= 0.3 is 11.7 Å². The molecule has 0 radical (unpaired) electrons. The molecule has 0 spiro atoms. The molecular weight excluding hydrogens is 342 g/mol. The molecule has 1 aliphatic heterocycles. The smallest absolute Gasteiger partial charge is 0.353 e. The Bertz CT molecular complexity index is 805. The number of hydrogen-bond acceptors (Lipinski definition) is 9. The summed E-state index contributed by atoms with van der Waals surface area (Å²) in [6.07, 6.45) is 1.28. The number of carbonyl (C=O) groups is 1. The summed E-state index contributed by atoms with van der Waals surface area (Å²) in [7, 11) is 1.30. The van der Waals surface area contributed by atoms with E-state index >= 15 is 0 Å². The zero-order valence-corrected chi connectivity index (χ0v) is 14.0. The molecule has 10 heteroatoms. The van der Waals surface area contributed by atoms with Gasteiger partial charge in [-0.05, 0) is 24.3 Å². The molecule has 1 aromatic carbocycles. The molecular formula is C16H17N5O5. The standard InChI is InChI=1S/C16H17N5O5/c1-25-16(22)11-2-4-12(5-3-11)19-14-13(21(23)24)15(18-10-17-14)20-6-8-26-9-7-20/h2-5,10H,6-9H2,1H3,(H,17,18,19). The van der Waals surface area contributed by atoms with Crippen LogP contribution in [-0.4, -0.2) is 54.3 Å². The highest BCUT2D eigenvalue weighted by Crippen LogP contribution is 2.33. The largest absolute Gasteiger partial charge is 0.465 e. The molecule has 1 aliphatic rings. The maximum absolute atomic E-state index is 11.6. The van der Waals surface area contributed by atoms with Gasteiger partial charge in [-0.3, -0.25) is 10.1 Å². The van der Waals surface area contributed by atoms with E-state index in [1.807, 2.05) is 0 Å². The first-order valence-electron chi connectivity index (χ1n) is 7.87. The van der Waals surface area contributed by atoms with Crippen LogP contribution in [0.5, 0.6) is 0 Å². The lowest BCUT2D eigenvalue weighted by atomic mass is 10.2. The van der Waals surface area contributed by atoms with Crippen molar-refractivity contribution in [1.29, 1.82) is 0 Å². The quantitative estimate of drug-likeness (QED) is 0.483. The minimum absolute atomic E-state index is 0.0808. The maximum atomic E-state index is 11.6. The van der Waals surface area contributed by atoms with Crippen molar-refractivity contribution in [2.45, 2.75) is 0 Å². The second-order valence-corrected chi connectivity index (χ2v) is 5.44. The van der Waals surface area contributed by atoms with Gasteiger partial charge in [0.15, 0.2) is 0 Å². The normalized spacial score (nSPS) is 14.0. The van der Waals surface area contributed by atoms with Gasteiger partial charge in [0.1, 0.15) is 6.33 Å². The topological polar surface area (TPSA) is 120 Å². The van der Waals surface area contributed by atoms with Crippen LogP contribution in [0, 0.1) is 10.1 Å². The number of ether oxygens (including phenoxy) is 2. The Morgan fingerprint density at radius 1 is 1.27 bits per heavy atom. The van der Waals surface area contributed by atoms with Crippen LogP contribution >= 0.6 is 0 Å². The van der Waals surface area contributed by atoms with E-state index in [0.29, 0.717) is 37.6 Å². The first-order valence-corrected chi connectivity index (χ1v) is 7.87. The summed E-state index contributed by atoms with van der Waals surface area (Å²) in [4.78, 5) is 32.5. The van der Waals surface area contributed by atoms with E-state index in [0.717, 1.165) is 0 Å². The SMILES string of the molecule is COC(=O)c1ccc(Nc2ncnc(N3CCOCC3)c2[N+](=O)[O-])cc1. The van der Waals surface area contributed by atoms with E-state index in [2.05, 4.69) is 20.0 Å². The summed E-state index contributed by atoms with van der Waals surface area (Å²) in [6, 6.07) is 6.35. The molecule has 0 bridgehead atoms. The molecule has 10 nitrogen and oxygen atoms in total. The van der Waals surface area contributed by atoms with Gasteiger partial charge < -0.3 is 19.7 Å². The highest BCUT2D eigenvalue weighted by Gasteiger charge is 2.28. The number of hydrogen-bond donors (Lipinski definition) is 1. The number of carbonyl (C=O) groups excluding carboxylic acids is 1. The van der Waals surface area contributed by atoms with E-state index in [1.54, 1.807) is 29.2 Å². The van der Waals surface area contributed by atoms with Crippen LogP contribution in [0.2, 0.25) is 0 Å². The highest BCUT2D eigenvalue weighted by molar-refractivity contribution is 5.89. The molecule has 1 N–H and O–H groups in total. The fourth-order valence-corrected chi connectivity index (χ4v) is 2.58. The summed E-state index contributed by atoms with van der Waals surface area (Å²) in [5.41, 5.74) is 0.725. The number of anilines is 3. The minimum atomic E-state index is -0.504.